The van der Waals surface area contributed by atoms with Crippen LogP contribution in [0.1, 0.15) is 84.5 Å². The third kappa shape index (κ3) is 12.0. The van der Waals surface area contributed by atoms with E-state index in [4.69, 9.17) is 0 Å². The highest BCUT2D eigenvalue weighted by Gasteiger charge is 1.91. The Labute approximate surface area is 91.5 Å². The molecule has 0 N–H and O–H groups in total. The van der Waals surface area contributed by atoms with Gasteiger partial charge in [-0.1, -0.05) is 84.5 Å². The molecule has 0 aliphatic heterocycles. The van der Waals surface area contributed by atoms with Crippen molar-refractivity contribution in [3.63, 3.8) is 0 Å². The second-order valence-corrected chi connectivity index (χ2v) is 4.34. The standard InChI is InChI=1S/C14H29/c1-3-5-7-9-11-13-14-12-10-8-6-4-2/h7H,3-6,8-14H2,1-2H3. The monoisotopic (exact) mass is 197 g/mol. The van der Waals surface area contributed by atoms with Gasteiger partial charge in [0.25, 0.3) is 0 Å². The van der Waals surface area contributed by atoms with Gasteiger partial charge in [-0.2, -0.15) is 0 Å². The van der Waals surface area contributed by atoms with Gasteiger partial charge in [-0.3, -0.25) is 0 Å². The Balaban J connectivity index is 2.78. The summed E-state index contributed by atoms with van der Waals surface area (Å²) in [5.41, 5.74) is 0. The van der Waals surface area contributed by atoms with Crippen molar-refractivity contribution in [2.24, 2.45) is 0 Å². The van der Waals surface area contributed by atoms with Gasteiger partial charge in [0, 0.05) is 0 Å². The molecule has 0 rings (SSSR count). The fourth-order valence-electron chi connectivity index (χ4n) is 1.77. The van der Waals surface area contributed by atoms with E-state index < -0.39 is 0 Å². The van der Waals surface area contributed by atoms with Crippen molar-refractivity contribution in [1.29, 1.82) is 0 Å². The Bertz CT molecular complexity index is 74.0. The van der Waals surface area contributed by atoms with E-state index in [9.17, 15) is 0 Å². The summed E-state index contributed by atoms with van der Waals surface area (Å²) in [6, 6.07) is 0. The molecule has 0 aromatic carbocycles. The fourth-order valence-corrected chi connectivity index (χ4v) is 1.77. The average Bonchev–Trinajstić information content (AvgIpc) is 2.21. The molecule has 0 bridgehead atoms. The lowest BCUT2D eigenvalue weighted by Crippen LogP contribution is -1.82. The first kappa shape index (κ1) is 14.0. The summed E-state index contributed by atoms with van der Waals surface area (Å²) in [6.45, 7) is 4.54. The Hall–Kier alpha value is 0. The predicted molar refractivity (Wildman–Crippen MR) is 66.4 cm³/mol. The van der Waals surface area contributed by atoms with Crippen molar-refractivity contribution in [3.8, 4) is 0 Å². The van der Waals surface area contributed by atoms with Crippen molar-refractivity contribution >= 4 is 0 Å². The minimum Gasteiger partial charge on any atom is -0.0654 e. The number of hydrogen-bond acceptors (Lipinski definition) is 0. The first-order valence-corrected chi connectivity index (χ1v) is 6.73. The minimum atomic E-state index is 1.32. The molecule has 0 aromatic rings. The molecule has 0 aliphatic carbocycles. The van der Waals surface area contributed by atoms with Crippen LogP contribution in [-0.2, 0) is 0 Å². The lowest BCUT2D eigenvalue weighted by atomic mass is 10.1. The molecule has 0 aromatic heterocycles. The van der Waals surface area contributed by atoms with E-state index in [0.29, 0.717) is 0 Å². The van der Waals surface area contributed by atoms with Gasteiger partial charge in [-0.25, -0.2) is 0 Å². The largest absolute Gasteiger partial charge is 0.0654 e. The van der Waals surface area contributed by atoms with Crippen molar-refractivity contribution in [1.82, 2.24) is 0 Å². The second kappa shape index (κ2) is 13.0. The number of hydrogen-bond donors (Lipinski definition) is 0. The smallest absolute Gasteiger partial charge is 0.0386 e. The Morgan fingerprint density at radius 3 is 1.71 bits per heavy atom. The minimum absolute atomic E-state index is 1.32. The van der Waals surface area contributed by atoms with Gasteiger partial charge < -0.3 is 0 Å². The quantitative estimate of drug-likeness (QED) is 0.382. The van der Waals surface area contributed by atoms with E-state index in [0.717, 1.165) is 0 Å². The van der Waals surface area contributed by atoms with Gasteiger partial charge in [0.05, 0.1) is 0 Å². The van der Waals surface area contributed by atoms with Gasteiger partial charge in [0.1, 0.15) is 0 Å². The average molecular weight is 197 g/mol. The van der Waals surface area contributed by atoms with Gasteiger partial charge in [0.15, 0.2) is 0 Å². The molecular formula is C14H29. The van der Waals surface area contributed by atoms with Gasteiger partial charge in [-0.05, 0) is 6.42 Å². The summed E-state index contributed by atoms with van der Waals surface area (Å²) in [6.07, 6.45) is 18.0. The van der Waals surface area contributed by atoms with Crippen molar-refractivity contribution < 1.29 is 0 Å². The Morgan fingerprint density at radius 2 is 1.14 bits per heavy atom. The molecule has 0 unspecified atom stereocenters. The molecule has 0 saturated heterocycles. The van der Waals surface area contributed by atoms with Crippen LogP contribution in [0.4, 0.5) is 0 Å². The van der Waals surface area contributed by atoms with Gasteiger partial charge in [0.2, 0.25) is 0 Å². The summed E-state index contributed by atoms with van der Waals surface area (Å²) >= 11 is 0. The van der Waals surface area contributed by atoms with E-state index in [1.54, 1.807) is 0 Å². The zero-order valence-corrected chi connectivity index (χ0v) is 10.4. The Kier molecular flexibility index (Phi) is 13.0. The zero-order chi connectivity index (χ0) is 10.5. The lowest BCUT2D eigenvalue weighted by Gasteiger charge is -2.01. The fraction of sp³-hybridized carbons (Fsp3) is 0.929. The number of rotatable bonds is 11. The van der Waals surface area contributed by atoms with Crippen molar-refractivity contribution in [2.75, 3.05) is 0 Å². The van der Waals surface area contributed by atoms with Crippen LogP contribution in [0.25, 0.3) is 0 Å². The molecule has 0 nitrogen and oxygen atoms in total. The molecule has 0 spiro atoms. The first-order chi connectivity index (χ1) is 6.91. The summed E-state index contributed by atoms with van der Waals surface area (Å²) in [5.74, 6) is 0. The van der Waals surface area contributed by atoms with E-state index >= 15 is 0 Å². The van der Waals surface area contributed by atoms with Crippen LogP contribution < -0.4 is 0 Å². The van der Waals surface area contributed by atoms with Crippen LogP contribution in [0.3, 0.4) is 0 Å². The molecule has 0 amide bonds. The van der Waals surface area contributed by atoms with Crippen LogP contribution in [0.5, 0.6) is 0 Å². The third-order valence-corrected chi connectivity index (χ3v) is 2.75. The molecule has 0 heteroatoms. The second-order valence-electron chi connectivity index (χ2n) is 4.34. The predicted octanol–water partition coefficient (Wildman–Crippen LogP) is 5.52. The highest BCUT2D eigenvalue weighted by Crippen LogP contribution is 2.11. The van der Waals surface area contributed by atoms with Crippen LogP contribution in [0.15, 0.2) is 0 Å². The normalized spacial score (nSPS) is 10.7. The van der Waals surface area contributed by atoms with E-state index in [1.165, 1.54) is 70.6 Å². The van der Waals surface area contributed by atoms with Crippen LogP contribution in [0, 0.1) is 6.42 Å². The van der Waals surface area contributed by atoms with E-state index in [1.807, 2.05) is 0 Å². The first-order valence-electron chi connectivity index (χ1n) is 6.73. The molecule has 0 heterocycles. The number of unbranched alkanes of at least 4 members (excludes halogenated alkanes) is 11. The molecule has 0 fully saturated rings. The van der Waals surface area contributed by atoms with Crippen molar-refractivity contribution in [3.05, 3.63) is 6.42 Å². The molecule has 0 aliphatic rings. The molecular weight excluding hydrogens is 168 g/mol. The maximum Gasteiger partial charge on any atom is -0.0386 e. The molecule has 0 saturated carbocycles. The molecule has 0 atom stereocenters. The van der Waals surface area contributed by atoms with Gasteiger partial charge >= 0.3 is 0 Å². The maximum absolute atomic E-state index is 2.46. The van der Waals surface area contributed by atoms with Gasteiger partial charge in [-0.15, -0.1) is 0 Å². The summed E-state index contributed by atoms with van der Waals surface area (Å²) in [7, 11) is 0. The zero-order valence-electron chi connectivity index (χ0n) is 10.4. The molecule has 85 valence electrons. The highest BCUT2D eigenvalue weighted by molar-refractivity contribution is 4.62. The summed E-state index contributed by atoms with van der Waals surface area (Å²) in [5, 5.41) is 0. The SMILES string of the molecule is CCC[CH]CCCCCCCCCC. The lowest BCUT2D eigenvalue weighted by molar-refractivity contribution is 0.571. The third-order valence-electron chi connectivity index (χ3n) is 2.75. The van der Waals surface area contributed by atoms with Crippen LogP contribution >= 0.6 is 0 Å². The molecule has 1 radical (unpaired) electrons. The maximum atomic E-state index is 2.46. The van der Waals surface area contributed by atoms with Crippen LogP contribution in [-0.4, -0.2) is 0 Å². The van der Waals surface area contributed by atoms with E-state index in [2.05, 4.69) is 20.3 Å². The summed E-state index contributed by atoms with van der Waals surface area (Å²) < 4.78 is 0. The molecule has 14 heavy (non-hydrogen) atoms. The highest BCUT2D eigenvalue weighted by atomic mass is 14.0. The van der Waals surface area contributed by atoms with E-state index in [-0.39, 0.29) is 0 Å². The Morgan fingerprint density at radius 1 is 0.571 bits per heavy atom. The van der Waals surface area contributed by atoms with Crippen LogP contribution in [0.2, 0.25) is 0 Å². The topological polar surface area (TPSA) is 0 Å². The summed E-state index contributed by atoms with van der Waals surface area (Å²) in [4.78, 5) is 0. The van der Waals surface area contributed by atoms with Crippen molar-refractivity contribution in [2.45, 2.75) is 84.5 Å².